The molecular weight excluding hydrogens is 374 g/mol. The molecule has 146 valence electrons. The first-order chi connectivity index (χ1) is 12.6. The van der Waals surface area contributed by atoms with E-state index in [1.165, 1.54) is 0 Å². The van der Waals surface area contributed by atoms with Crippen molar-refractivity contribution in [3.63, 3.8) is 0 Å². The van der Waals surface area contributed by atoms with Crippen LogP contribution in [0.4, 0.5) is 23.2 Å². The molecule has 10 heteroatoms. The van der Waals surface area contributed by atoms with E-state index < -0.39 is 41.8 Å². The zero-order chi connectivity index (χ0) is 20.2. The van der Waals surface area contributed by atoms with Crippen molar-refractivity contribution in [2.24, 2.45) is 0 Å². The molecule has 1 aliphatic heterocycles. The van der Waals surface area contributed by atoms with E-state index in [0.29, 0.717) is 0 Å². The third-order valence-electron chi connectivity index (χ3n) is 4.14. The van der Waals surface area contributed by atoms with Crippen LogP contribution in [-0.2, 0) is 21.0 Å². The maximum atomic E-state index is 13.3. The zero-order valence-electron chi connectivity index (χ0n) is 13.9. The van der Waals surface area contributed by atoms with E-state index in [2.05, 4.69) is 4.74 Å². The number of alkyl halides is 4. The number of hydrogen-bond acceptors (Lipinski definition) is 4. The average molecular weight is 389 g/mol. The molecule has 1 aromatic rings. The molecule has 2 rings (SSSR count). The summed E-state index contributed by atoms with van der Waals surface area (Å²) < 4.78 is 59.4. The standard InChI is InChI=1S/C17H15F4NO5/c1-2-14(23)22(16(15(24)25)5-7-26-8-6-16)12-3-4-13(11(9-12)10-18)27-17(19,20)21/h1,3-4,9H,5-8,10H2,(H,24,25). The third-order valence-corrected chi connectivity index (χ3v) is 4.14. The minimum absolute atomic E-state index is 0.0336. The number of carbonyl (C=O) groups excluding carboxylic acids is 1. The van der Waals surface area contributed by atoms with Crippen LogP contribution in [0.15, 0.2) is 18.2 Å². The number of benzene rings is 1. The predicted octanol–water partition coefficient (Wildman–Crippen LogP) is 2.65. The number of aliphatic carboxylic acids is 1. The number of ether oxygens (including phenoxy) is 2. The first kappa shape index (κ1) is 20.5. The van der Waals surface area contributed by atoms with Gasteiger partial charge in [0.1, 0.15) is 12.4 Å². The van der Waals surface area contributed by atoms with E-state index in [1.54, 1.807) is 0 Å². The average Bonchev–Trinajstić information content (AvgIpc) is 2.62. The Labute approximate surface area is 151 Å². The summed E-state index contributed by atoms with van der Waals surface area (Å²) in [5, 5.41) is 9.73. The summed E-state index contributed by atoms with van der Waals surface area (Å²) in [6.45, 7) is -1.27. The van der Waals surface area contributed by atoms with Crippen LogP contribution in [0.2, 0.25) is 0 Å². The lowest BCUT2D eigenvalue weighted by Gasteiger charge is -2.42. The Morgan fingerprint density at radius 2 is 1.96 bits per heavy atom. The van der Waals surface area contributed by atoms with Gasteiger partial charge >= 0.3 is 18.2 Å². The van der Waals surface area contributed by atoms with Crippen molar-refractivity contribution in [3.05, 3.63) is 23.8 Å². The summed E-state index contributed by atoms with van der Waals surface area (Å²) in [6.07, 6.45) is -0.0836. The molecule has 6 nitrogen and oxygen atoms in total. The summed E-state index contributed by atoms with van der Waals surface area (Å²) in [7, 11) is 0. The molecule has 0 bridgehead atoms. The van der Waals surface area contributed by atoms with Gasteiger partial charge in [-0.25, -0.2) is 9.18 Å². The molecule has 1 fully saturated rings. The van der Waals surface area contributed by atoms with Gasteiger partial charge in [0.15, 0.2) is 5.54 Å². The summed E-state index contributed by atoms with van der Waals surface area (Å²) in [6, 6.07) is 2.75. The molecule has 1 saturated heterocycles. The molecule has 0 atom stereocenters. The van der Waals surface area contributed by atoms with E-state index in [4.69, 9.17) is 11.2 Å². The minimum atomic E-state index is -5.04. The zero-order valence-corrected chi connectivity index (χ0v) is 13.9. The molecule has 1 heterocycles. The highest BCUT2D eigenvalue weighted by Crippen LogP contribution is 2.37. The van der Waals surface area contributed by atoms with Gasteiger partial charge in [-0.05, 0) is 24.1 Å². The smallest absolute Gasteiger partial charge is 0.479 e. The lowest BCUT2D eigenvalue weighted by atomic mass is 9.87. The molecule has 1 amide bonds. The number of carbonyl (C=O) groups is 2. The Morgan fingerprint density at radius 3 is 2.44 bits per heavy atom. The molecule has 1 aromatic carbocycles. The Morgan fingerprint density at radius 1 is 1.33 bits per heavy atom. The number of amides is 1. The molecule has 0 unspecified atom stereocenters. The van der Waals surface area contributed by atoms with Crippen LogP contribution in [0.3, 0.4) is 0 Å². The van der Waals surface area contributed by atoms with Crippen LogP contribution < -0.4 is 9.64 Å². The summed E-state index contributed by atoms with van der Waals surface area (Å²) in [4.78, 5) is 25.1. The largest absolute Gasteiger partial charge is 0.573 e. The SMILES string of the molecule is C#CC(=O)N(c1ccc(OC(F)(F)F)c(CF)c1)C1(C(=O)O)CCOCC1. The molecule has 27 heavy (non-hydrogen) atoms. The number of carboxylic acids is 1. The summed E-state index contributed by atoms with van der Waals surface area (Å²) in [5.41, 5.74) is -2.42. The van der Waals surface area contributed by atoms with Crippen LogP contribution in [0, 0.1) is 12.3 Å². The lowest BCUT2D eigenvalue weighted by molar-refractivity contribution is -0.275. The number of halogens is 4. The maximum absolute atomic E-state index is 13.3. The predicted molar refractivity (Wildman–Crippen MR) is 84.7 cm³/mol. The highest BCUT2D eigenvalue weighted by atomic mass is 19.4. The van der Waals surface area contributed by atoms with Crippen molar-refractivity contribution in [2.75, 3.05) is 18.1 Å². The highest BCUT2D eigenvalue weighted by molar-refractivity contribution is 6.10. The van der Waals surface area contributed by atoms with Gasteiger partial charge in [0.2, 0.25) is 0 Å². The fourth-order valence-electron chi connectivity index (χ4n) is 2.90. The third kappa shape index (κ3) is 4.31. The maximum Gasteiger partial charge on any atom is 0.573 e. The molecule has 0 radical (unpaired) electrons. The van der Waals surface area contributed by atoms with Gasteiger partial charge in [0.05, 0.1) is 0 Å². The highest BCUT2D eigenvalue weighted by Gasteiger charge is 2.48. The normalized spacial score (nSPS) is 16.3. The van der Waals surface area contributed by atoms with Crippen LogP contribution >= 0.6 is 0 Å². The number of terminal acetylenes is 1. The molecule has 1 N–H and O–H groups in total. The van der Waals surface area contributed by atoms with Crippen molar-refractivity contribution in [1.82, 2.24) is 0 Å². The molecule has 0 aromatic heterocycles. The molecular formula is C17H15F4NO5. The van der Waals surface area contributed by atoms with Crippen LogP contribution in [-0.4, -0.2) is 42.1 Å². The number of carboxylic acid groups (broad SMARTS) is 1. The van der Waals surface area contributed by atoms with Gasteiger partial charge in [-0.2, -0.15) is 0 Å². The van der Waals surface area contributed by atoms with Crippen LogP contribution in [0.5, 0.6) is 5.75 Å². The molecule has 1 aliphatic rings. The van der Waals surface area contributed by atoms with E-state index in [0.717, 1.165) is 23.1 Å². The van der Waals surface area contributed by atoms with Gasteiger partial charge in [0, 0.05) is 37.3 Å². The van der Waals surface area contributed by atoms with Crippen molar-refractivity contribution >= 4 is 17.6 Å². The van der Waals surface area contributed by atoms with Crippen LogP contribution in [0.25, 0.3) is 0 Å². The number of hydrogen-bond donors (Lipinski definition) is 1. The van der Waals surface area contributed by atoms with E-state index in [1.807, 2.05) is 5.92 Å². The number of nitrogens with zero attached hydrogens (tertiary/aromatic N) is 1. The summed E-state index contributed by atoms with van der Waals surface area (Å²) in [5.74, 6) is -1.36. The fourth-order valence-corrected chi connectivity index (χ4v) is 2.90. The Hall–Kier alpha value is -2.80. The van der Waals surface area contributed by atoms with E-state index in [9.17, 15) is 32.3 Å². The lowest BCUT2D eigenvalue weighted by Crippen LogP contribution is -2.60. The Kier molecular flexibility index (Phi) is 5.95. The number of anilines is 1. The number of rotatable bonds is 5. The second kappa shape index (κ2) is 7.84. The first-order valence-electron chi connectivity index (χ1n) is 7.71. The topological polar surface area (TPSA) is 76.1 Å². The molecule has 0 spiro atoms. The van der Waals surface area contributed by atoms with Crippen molar-refractivity contribution in [2.45, 2.75) is 31.4 Å². The van der Waals surface area contributed by atoms with E-state index >= 15 is 0 Å². The van der Waals surface area contributed by atoms with E-state index in [-0.39, 0.29) is 31.7 Å². The Balaban J connectivity index is 2.56. The first-order valence-corrected chi connectivity index (χ1v) is 7.71. The second-order valence-electron chi connectivity index (χ2n) is 5.71. The minimum Gasteiger partial charge on any atom is -0.479 e. The molecule has 0 aliphatic carbocycles. The van der Waals surface area contributed by atoms with Gasteiger partial charge < -0.3 is 14.6 Å². The van der Waals surface area contributed by atoms with Gasteiger partial charge in [-0.3, -0.25) is 9.69 Å². The monoisotopic (exact) mass is 389 g/mol. The fraction of sp³-hybridized carbons (Fsp3) is 0.412. The van der Waals surface area contributed by atoms with Gasteiger partial charge in [-0.1, -0.05) is 0 Å². The molecule has 0 saturated carbocycles. The quantitative estimate of drug-likeness (QED) is 0.619. The van der Waals surface area contributed by atoms with Crippen molar-refractivity contribution in [3.8, 4) is 18.1 Å². The summed E-state index contributed by atoms with van der Waals surface area (Å²) >= 11 is 0. The van der Waals surface area contributed by atoms with Gasteiger partial charge in [-0.15, -0.1) is 19.6 Å². The van der Waals surface area contributed by atoms with Gasteiger partial charge in [0.25, 0.3) is 0 Å². The Bertz CT molecular complexity index is 766. The second-order valence-corrected chi connectivity index (χ2v) is 5.71. The van der Waals surface area contributed by atoms with Crippen molar-refractivity contribution < 1.29 is 41.7 Å². The van der Waals surface area contributed by atoms with Crippen LogP contribution in [0.1, 0.15) is 18.4 Å². The van der Waals surface area contributed by atoms with Crippen molar-refractivity contribution in [1.29, 1.82) is 0 Å².